The normalized spacial score (nSPS) is 13.0. The minimum atomic E-state index is 0.596. The maximum atomic E-state index is 10.3. The van der Waals surface area contributed by atoms with Gasteiger partial charge in [0, 0.05) is 38.2 Å². The molecule has 0 saturated heterocycles. The smallest absolute Gasteiger partial charge is 0.139 e. The SMILES string of the molecule is CC1=C(c2nccc3oc4ccc(-c5cc(C#N)cc(-c6cccc7c6sc6ccccc67)c5)cc4c23)N=C(c2ccc(-c3ccccc3C#N)cc2)CC=C1c1ccccc1. The van der Waals surface area contributed by atoms with Crippen molar-refractivity contribution < 1.29 is 4.42 Å². The first kappa shape index (κ1) is 36.9. The number of thiophene rings is 1. The molecular weight excluding hydrogens is 777 g/mol. The predicted octanol–water partition coefficient (Wildman–Crippen LogP) is 14.8. The van der Waals surface area contributed by atoms with E-state index in [1.54, 1.807) is 17.5 Å². The van der Waals surface area contributed by atoms with E-state index in [0.29, 0.717) is 17.5 Å². The standard InChI is InChI=1S/C56H34N4OS/c1-34-43(36-10-3-2-4-11-36)23-24-49(38-20-18-37(19-21-38)44-13-6-5-12-40(44)33-58)60-54(34)55-53-48-31-39(22-25-50(48)61-51(53)26-27-59-55)41-28-35(32-57)29-42(30-41)45-15-9-16-47-46-14-7-8-17-52(46)62-56(45)47/h2-23,25-31H,24H2,1H3. The highest BCUT2D eigenvalue weighted by atomic mass is 32.1. The Morgan fingerprint density at radius 1 is 0.581 bits per heavy atom. The number of allylic oxidation sites excluding steroid dienone is 3. The lowest BCUT2D eigenvalue weighted by atomic mass is 9.93. The van der Waals surface area contributed by atoms with Gasteiger partial charge in [-0.05, 0) is 111 Å². The number of hydrogen-bond acceptors (Lipinski definition) is 6. The molecule has 0 amide bonds. The summed E-state index contributed by atoms with van der Waals surface area (Å²) in [6.07, 6.45) is 4.67. The van der Waals surface area contributed by atoms with Crippen LogP contribution in [0.15, 0.2) is 191 Å². The molecule has 0 bridgehead atoms. The van der Waals surface area contributed by atoms with Crippen LogP contribution < -0.4 is 0 Å². The zero-order valence-corrected chi connectivity index (χ0v) is 34.4. The molecule has 0 N–H and O–H groups in total. The molecule has 0 saturated carbocycles. The molecular formula is C56H34N4OS. The number of fused-ring (bicyclic) bond motifs is 6. The van der Waals surface area contributed by atoms with Gasteiger partial charge in [0.2, 0.25) is 0 Å². The van der Waals surface area contributed by atoms with Crippen LogP contribution >= 0.6 is 11.3 Å². The molecule has 0 aliphatic carbocycles. The highest BCUT2D eigenvalue weighted by Crippen LogP contribution is 2.43. The highest BCUT2D eigenvalue weighted by Gasteiger charge is 2.23. The molecule has 5 nitrogen and oxygen atoms in total. The third-order valence-electron chi connectivity index (χ3n) is 11.9. The second-order valence-electron chi connectivity index (χ2n) is 15.5. The second-order valence-corrected chi connectivity index (χ2v) is 16.5. The molecule has 1 aliphatic rings. The van der Waals surface area contributed by atoms with Crippen molar-refractivity contribution in [3.8, 4) is 45.5 Å². The number of aliphatic imine (C=N–C) groups is 1. The van der Waals surface area contributed by atoms with Gasteiger partial charge >= 0.3 is 0 Å². The van der Waals surface area contributed by atoms with Gasteiger partial charge in [-0.25, -0.2) is 4.99 Å². The molecule has 1 aliphatic heterocycles. The van der Waals surface area contributed by atoms with Crippen molar-refractivity contribution >= 4 is 70.4 Å². The van der Waals surface area contributed by atoms with Crippen LogP contribution in [0.4, 0.5) is 0 Å². The van der Waals surface area contributed by atoms with E-state index in [4.69, 9.17) is 14.4 Å². The molecule has 7 aromatic carbocycles. The zero-order chi connectivity index (χ0) is 41.7. The van der Waals surface area contributed by atoms with Crippen molar-refractivity contribution in [2.24, 2.45) is 4.99 Å². The van der Waals surface area contributed by atoms with Crippen LogP contribution in [0.2, 0.25) is 0 Å². The Hall–Kier alpha value is -8.16. The van der Waals surface area contributed by atoms with Crippen molar-refractivity contribution in [2.75, 3.05) is 0 Å². The summed E-state index contributed by atoms with van der Waals surface area (Å²) in [5, 5.41) is 24.3. The van der Waals surface area contributed by atoms with E-state index in [9.17, 15) is 10.5 Å². The molecule has 290 valence electrons. The molecule has 10 aromatic rings. The van der Waals surface area contributed by atoms with Gasteiger partial charge in [-0.15, -0.1) is 11.3 Å². The summed E-state index contributed by atoms with van der Waals surface area (Å²) in [5.74, 6) is 0. The lowest BCUT2D eigenvalue weighted by Gasteiger charge is -2.12. The Morgan fingerprint density at radius 3 is 2.18 bits per heavy atom. The largest absolute Gasteiger partial charge is 0.456 e. The fourth-order valence-corrected chi connectivity index (χ4v) is 10.1. The van der Waals surface area contributed by atoms with E-state index in [1.165, 1.54) is 20.2 Å². The van der Waals surface area contributed by atoms with Crippen LogP contribution in [0.1, 0.15) is 41.3 Å². The number of rotatable bonds is 6. The van der Waals surface area contributed by atoms with E-state index in [0.717, 1.165) is 94.7 Å². The number of nitrogens with zero attached hydrogens (tertiary/aromatic N) is 4. The van der Waals surface area contributed by atoms with Crippen LogP contribution in [0.25, 0.3) is 86.8 Å². The molecule has 3 aromatic heterocycles. The average molecular weight is 811 g/mol. The molecule has 0 fully saturated rings. The van der Waals surface area contributed by atoms with Gasteiger partial charge in [0.15, 0.2) is 0 Å². The summed E-state index contributed by atoms with van der Waals surface area (Å²) in [6.45, 7) is 2.13. The lowest BCUT2D eigenvalue weighted by molar-refractivity contribution is 0.668. The van der Waals surface area contributed by atoms with E-state index >= 15 is 0 Å². The Kier molecular flexibility index (Phi) is 9.01. The maximum absolute atomic E-state index is 10.3. The quantitative estimate of drug-likeness (QED) is 0.167. The first-order valence-corrected chi connectivity index (χ1v) is 21.3. The van der Waals surface area contributed by atoms with Crippen molar-refractivity contribution in [3.63, 3.8) is 0 Å². The highest BCUT2D eigenvalue weighted by molar-refractivity contribution is 7.26. The van der Waals surface area contributed by atoms with Crippen molar-refractivity contribution in [3.05, 3.63) is 210 Å². The minimum absolute atomic E-state index is 0.596. The van der Waals surface area contributed by atoms with E-state index in [2.05, 4.69) is 134 Å². The Labute approximate surface area is 362 Å². The topological polar surface area (TPSA) is 86.0 Å². The first-order valence-electron chi connectivity index (χ1n) is 20.5. The molecule has 11 rings (SSSR count). The summed E-state index contributed by atoms with van der Waals surface area (Å²) in [4.78, 5) is 10.6. The van der Waals surface area contributed by atoms with Gasteiger partial charge in [-0.2, -0.15) is 10.5 Å². The third-order valence-corrected chi connectivity index (χ3v) is 13.1. The number of nitriles is 2. The van der Waals surface area contributed by atoms with Crippen LogP contribution in [-0.2, 0) is 0 Å². The van der Waals surface area contributed by atoms with Gasteiger partial charge in [0.25, 0.3) is 0 Å². The number of hydrogen-bond donors (Lipinski definition) is 0. The number of furan rings is 1. The molecule has 0 radical (unpaired) electrons. The first-order chi connectivity index (χ1) is 30.5. The van der Waals surface area contributed by atoms with Gasteiger partial charge in [-0.3, -0.25) is 4.98 Å². The van der Waals surface area contributed by atoms with Crippen LogP contribution in [-0.4, -0.2) is 10.7 Å². The maximum Gasteiger partial charge on any atom is 0.139 e. The van der Waals surface area contributed by atoms with E-state index in [-0.39, 0.29) is 0 Å². The second kappa shape index (κ2) is 15.1. The summed E-state index contributed by atoms with van der Waals surface area (Å²) >= 11 is 1.79. The summed E-state index contributed by atoms with van der Waals surface area (Å²) in [5.41, 5.74) is 15.2. The minimum Gasteiger partial charge on any atom is -0.456 e. The van der Waals surface area contributed by atoms with E-state index in [1.807, 2.05) is 54.6 Å². The number of pyridine rings is 1. The number of aromatic nitrogens is 1. The van der Waals surface area contributed by atoms with Crippen molar-refractivity contribution in [1.82, 2.24) is 4.98 Å². The zero-order valence-electron chi connectivity index (χ0n) is 33.6. The molecule has 0 unspecified atom stereocenters. The number of benzene rings is 7. The van der Waals surface area contributed by atoms with Crippen molar-refractivity contribution in [1.29, 1.82) is 10.5 Å². The van der Waals surface area contributed by atoms with Gasteiger partial charge in [0.05, 0.1) is 40.1 Å². The lowest BCUT2D eigenvalue weighted by Crippen LogP contribution is -2.01. The van der Waals surface area contributed by atoms with Crippen LogP contribution in [0, 0.1) is 22.7 Å². The van der Waals surface area contributed by atoms with Crippen LogP contribution in [0.3, 0.4) is 0 Å². The molecule has 0 atom stereocenters. The molecule has 4 heterocycles. The van der Waals surface area contributed by atoms with Crippen molar-refractivity contribution in [2.45, 2.75) is 13.3 Å². The Morgan fingerprint density at radius 2 is 1.32 bits per heavy atom. The Bertz CT molecular complexity index is 3630. The fourth-order valence-electron chi connectivity index (χ4n) is 8.85. The summed E-state index contributed by atoms with van der Waals surface area (Å²) in [7, 11) is 0. The van der Waals surface area contributed by atoms with Gasteiger partial charge in [0.1, 0.15) is 16.9 Å². The van der Waals surface area contributed by atoms with E-state index < -0.39 is 0 Å². The molecule has 0 spiro atoms. The van der Waals surface area contributed by atoms with Gasteiger partial charge in [-0.1, -0.05) is 121 Å². The third kappa shape index (κ3) is 6.30. The monoisotopic (exact) mass is 810 g/mol. The Balaban J connectivity index is 1.07. The molecule has 6 heteroatoms. The van der Waals surface area contributed by atoms with Crippen LogP contribution in [0.5, 0.6) is 0 Å². The fraction of sp³-hybridized carbons (Fsp3) is 0.0357. The molecule has 62 heavy (non-hydrogen) atoms. The van der Waals surface area contributed by atoms with Gasteiger partial charge < -0.3 is 4.42 Å². The average Bonchev–Trinajstić information content (AvgIpc) is 3.85. The predicted molar refractivity (Wildman–Crippen MR) is 255 cm³/mol. The summed E-state index contributed by atoms with van der Waals surface area (Å²) in [6, 6.07) is 60.5. The summed E-state index contributed by atoms with van der Waals surface area (Å²) < 4.78 is 9.00.